The predicted molar refractivity (Wildman–Crippen MR) is 202 cm³/mol. The lowest BCUT2D eigenvalue weighted by molar-refractivity contribution is -0.141. The summed E-state index contributed by atoms with van der Waals surface area (Å²) < 4.78 is 0. The molecule has 24 nitrogen and oxygen atoms in total. The Balaban J connectivity index is 3.45. The normalized spacial score (nSPS) is 19.6. The van der Waals surface area contributed by atoms with Crippen LogP contribution in [-0.4, -0.2) is 285 Å². The van der Waals surface area contributed by atoms with E-state index in [0.29, 0.717) is 0 Å². The lowest BCUT2D eigenvalue weighted by atomic mass is 10.3. The first-order valence-corrected chi connectivity index (χ1v) is 18.8. The standard InChI is InChI=1S/C34H60N8O16/c43-27(44)19-35-3-1-4-36(20-28(45)46)8-12-40(24-32(53)54)16-18-42(26-34(57)58)14-10-38(22-30(49)50)6-2-5-37(21-29(47)48)9-13-41(25-33(55)56)17-15-39(11-7-35)23-31(51)52/h1-26H2,(H,43,44)(H,45,46)(H,47,48)(H,49,50)(H,51,52)(H,53,54)(H,55,56)(H,57,58). The highest BCUT2D eigenvalue weighted by atomic mass is 16.4. The maximum absolute atomic E-state index is 11.7. The molecule has 58 heavy (non-hydrogen) atoms. The van der Waals surface area contributed by atoms with Gasteiger partial charge in [0, 0.05) is 105 Å². The molecule has 1 rings (SSSR count). The molecule has 1 heterocycles. The minimum atomic E-state index is -1.17. The molecule has 0 aromatic rings. The number of carboxylic acids is 8. The van der Waals surface area contributed by atoms with Crippen LogP contribution in [0.2, 0.25) is 0 Å². The van der Waals surface area contributed by atoms with Crippen LogP contribution in [-0.2, 0) is 38.4 Å². The molecule has 0 spiro atoms. The lowest BCUT2D eigenvalue weighted by Crippen LogP contribution is -2.47. The fourth-order valence-electron chi connectivity index (χ4n) is 6.42. The van der Waals surface area contributed by atoms with Crippen molar-refractivity contribution < 1.29 is 79.2 Å². The minimum Gasteiger partial charge on any atom is -0.480 e. The molecular formula is C34H60N8O16. The number of carboxylic acid groups (broad SMARTS) is 8. The third-order valence-electron chi connectivity index (χ3n) is 9.16. The first-order chi connectivity index (χ1) is 27.3. The van der Waals surface area contributed by atoms with Crippen molar-refractivity contribution in [2.24, 2.45) is 0 Å². The van der Waals surface area contributed by atoms with E-state index in [4.69, 9.17) is 0 Å². The molecule has 1 fully saturated rings. The van der Waals surface area contributed by atoms with Crippen molar-refractivity contribution in [1.82, 2.24) is 39.2 Å². The average Bonchev–Trinajstić information content (AvgIpc) is 3.08. The molecule has 1 aliphatic rings. The van der Waals surface area contributed by atoms with Gasteiger partial charge in [0.1, 0.15) is 0 Å². The summed E-state index contributed by atoms with van der Waals surface area (Å²) in [6, 6.07) is 0. The third kappa shape index (κ3) is 27.1. The van der Waals surface area contributed by atoms with Crippen molar-refractivity contribution in [2.75, 3.05) is 157 Å². The van der Waals surface area contributed by atoms with E-state index in [1.165, 1.54) is 19.6 Å². The minimum absolute atomic E-state index is 0.0711. The number of rotatable bonds is 16. The highest BCUT2D eigenvalue weighted by Crippen LogP contribution is 2.04. The van der Waals surface area contributed by atoms with Gasteiger partial charge in [-0.3, -0.25) is 77.6 Å². The molecule has 0 aromatic heterocycles. The second-order valence-electron chi connectivity index (χ2n) is 14.1. The number of nitrogens with zero attached hydrogens (tertiary/aromatic N) is 8. The molecule has 0 aromatic carbocycles. The van der Waals surface area contributed by atoms with Crippen LogP contribution in [0.1, 0.15) is 12.8 Å². The Labute approximate surface area is 336 Å². The second kappa shape index (κ2) is 28.8. The predicted octanol–water partition coefficient (Wildman–Crippen LogP) is -4.13. The monoisotopic (exact) mass is 836 g/mol. The Morgan fingerprint density at radius 1 is 0.224 bits per heavy atom. The highest BCUT2D eigenvalue weighted by molar-refractivity contribution is 5.71. The highest BCUT2D eigenvalue weighted by Gasteiger charge is 2.22. The van der Waals surface area contributed by atoms with Crippen molar-refractivity contribution in [3.05, 3.63) is 0 Å². The molecule has 332 valence electrons. The van der Waals surface area contributed by atoms with Gasteiger partial charge in [0.15, 0.2) is 0 Å². The third-order valence-corrected chi connectivity index (χ3v) is 9.16. The van der Waals surface area contributed by atoms with Crippen LogP contribution in [0, 0.1) is 0 Å². The molecule has 0 radical (unpaired) electrons. The van der Waals surface area contributed by atoms with E-state index < -0.39 is 100 Å². The summed E-state index contributed by atoms with van der Waals surface area (Å²) >= 11 is 0. The van der Waals surface area contributed by atoms with E-state index in [-0.39, 0.29) is 118 Å². The summed E-state index contributed by atoms with van der Waals surface area (Å²) in [5.41, 5.74) is 0. The van der Waals surface area contributed by atoms with E-state index >= 15 is 0 Å². The van der Waals surface area contributed by atoms with Gasteiger partial charge >= 0.3 is 47.8 Å². The van der Waals surface area contributed by atoms with Crippen molar-refractivity contribution in [3.63, 3.8) is 0 Å². The first-order valence-electron chi connectivity index (χ1n) is 18.8. The molecule has 8 N–H and O–H groups in total. The molecule has 1 saturated heterocycles. The summed E-state index contributed by atoms with van der Waals surface area (Å²) in [6.07, 6.45) is 0.577. The van der Waals surface area contributed by atoms with Gasteiger partial charge in [-0.25, -0.2) is 0 Å². The van der Waals surface area contributed by atoms with Crippen LogP contribution >= 0.6 is 0 Å². The zero-order valence-corrected chi connectivity index (χ0v) is 32.8. The van der Waals surface area contributed by atoms with Gasteiger partial charge in [-0.15, -0.1) is 0 Å². The largest absolute Gasteiger partial charge is 0.480 e. The molecule has 0 bridgehead atoms. The second-order valence-corrected chi connectivity index (χ2v) is 14.1. The van der Waals surface area contributed by atoms with Crippen molar-refractivity contribution in [2.45, 2.75) is 12.8 Å². The topological polar surface area (TPSA) is 324 Å². The van der Waals surface area contributed by atoms with Crippen molar-refractivity contribution in [3.8, 4) is 0 Å². The van der Waals surface area contributed by atoms with Gasteiger partial charge in [-0.1, -0.05) is 0 Å². The van der Waals surface area contributed by atoms with Crippen LogP contribution < -0.4 is 0 Å². The Kier molecular flexibility index (Phi) is 25.5. The Morgan fingerprint density at radius 2 is 0.328 bits per heavy atom. The summed E-state index contributed by atoms with van der Waals surface area (Å²) in [4.78, 5) is 106. The van der Waals surface area contributed by atoms with Gasteiger partial charge in [0.25, 0.3) is 0 Å². The molecule has 24 heteroatoms. The quantitative estimate of drug-likeness (QED) is 0.0732. The molecule has 0 atom stereocenters. The first kappa shape index (κ1) is 51.5. The molecule has 0 aliphatic carbocycles. The smallest absolute Gasteiger partial charge is 0.317 e. The summed E-state index contributed by atoms with van der Waals surface area (Å²) in [7, 11) is 0. The van der Waals surface area contributed by atoms with Gasteiger partial charge < -0.3 is 40.9 Å². The Morgan fingerprint density at radius 3 is 0.431 bits per heavy atom. The molecule has 0 amide bonds. The maximum Gasteiger partial charge on any atom is 0.317 e. The number of hydrogen-bond donors (Lipinski definition) is 8. The van der Waals surface area contributed by atoms with Crippen LogP contribution in [0.5, 0.6) is 0 Å². The molecule has 0 unspecified atom stereocenters. The van der Waals surface area contributed by atoms with Crippen molar-refractivity contribution >= 4 is 47.8 Å². The molecule has 1 aliphatic heterocycles. The number of hydrogen-bond acceptors (Lipinski definition) is 16. The SMILES string of the molecule is O=C(O)CN1CCCN(CC(=O)O)CCN(CC(=O)O)CCN(CC(=O)O)CCN(CC(=O)O)CCCN(CC(=O)O)CCN(CC(=O)O)CCN(CC(=O)O)CC1. The van der Waals surface area contributed by atoms with Crippen LogP contribution in [0.4, 0.5) is 0 Å². The molecular weight excluding hydrogens is 776 g/mol. The van der Waals surface area contributed by atoms with E-state index in [2.05, 4.69) is 0 Å². The lowest BCUT2D eigenvalue weighted by Gasteiger charge is -2.31. The van der Waals surface area contributed by atoms with Gasteiger partial charge in [-0.2, -0.15) is 0 Å². The average molecular weight is 837 g/mol. The Hall–Kier alpha value is -4.56. The number of aliphatic carboxylic acids is 8. The van der Waals surface area contributed by atoms with E-state index in [1.54, 1.807) is 19.6 Å². The zero-order valence-electron chi connectivity index (χ0n) is 32.8. The fraction of sp³-hybridized carbons (Fsp3) is 0.765. The van der Waals surface area contributed by atoms with Crippen molar-refractivity contribution in [1.29, 1.82) is 0 Å². The maximum atomic E-state index is 11.7. The number of carbonyl (C=O) groups is 8. The summed E-state index contributed by atoms with van der Waals surface area (Å²) in [6.45, 7) is -1.65. The Bertz CT molecular complexity index is 1150. The van der Waals surface area contributed by atoms with Gasteiger partial charge in [-0.05, 0) is 12.8 Å². The summed E-state index contributed by atoms with van der Waals surface area (Å²) in [5, 5.41) is 76.6. The van der Waals surface area contributed by atoms with E-state index in [1.807, 2.05) is 0 Å². The van der Waals surface area contributed by atoms with Crippen LogP contribution in [0.3, 0.4) is 0 Å². The van der Waals surface area contributed by atoms with E-state index in [9.17, 15) is 79.2 Å². The zero-order chi connectivity index (χ0) is 43.6. The van der Waals surface area contributed by atoms with Gasteiger partial charge in [0.2, 0.25) is 0 Å². The summed E-state index contributed by atoms with van der Waals surface area (Å²) in [5.74, 6) is -9.29. The molecule has 0 saturated carbocycles. The van der Waals surface area contributed by atoms with Crippen LogP contribution in [0.15, 0.2) is 0 Å². The van der Waals surface area contributed by atoms with Gasteiger partial charge in [0.05, 0.1) is 52.4 Å². The van der Waals surface area contributed by atoms with Crippen LogP contribution in [0.25, 0.3) is 0 Å². The van der Waals surface area contributed by atoms with E-state index in [0.717, 1.165) is 0 Å². The fourth-order valence-corrected chi connectivity index (χ4v) is 6.42.